The van der Waals surface area contributed by atoms with E-state index in [0.717, 1.165) is 24.0 Å². The van der Waals surface area contributed by atoms with Crippen LogP contribution >= 0.6 is 0 Å². The molecule has 4 nitrogen and oxygen atoms in total. The van der Waals surface area contributed by atoms with Crippen LogP contribution in [0.25, 0.3) is 5.65 Å². The maximum absolute atomic E-state index is 4.98. The SMILES string of the molecule is CCCC1CCN(Cc2c(C(C)(C)C)nn3cc(C4CC4)cnc23)C1. The quantitative estimate of drug-likeness (QED) is 0.802. The van der Waals surface area contributed by atoms with Gasteiger partial charge in [0.15, 0.2) is 5.65 Å². The summed E-state index contributed by atoms with van der Waals surface area (Å²) in [6.45, 7) is 12.5. The molecule has 3 heterocycles. The molecule has 25 heavy (non-hydrogen) atoms. The van der Waals surface area contributed by atoms with Gasteiger partial charge in [-0.25, -0.2) is 9.50 Å². The molecule has 2 aromatic heterocycles. The van der Waals surface area contributed by atoms with Crippen molar-refractivity contribution >= 4 is 5.65 Å². The summed E-state index contributed by atoms with van der Waals surface area (Å²) in [6.07, 6.45) is 10.9. The zero-order chi connectivity index (χ0) is 17.6. The molecule has 0 aromatic carbocycles. The van der Waals surface area contributed by atoms with Crippen LogP contribution in [0.4, 0.5) is 0 Å². The number of rotatable bonds is 5. The summed E-state index contributed by atoms with van der Waals surface area (Å²) < 4.78 is 2.06. The topological polar surface area (TPSA) is 33.4 Å². The van der Waals surface area contributed by atoms with Gasteiger partial charge >= 0.3 is 0 Å². The predicted molar refractivity (Wildman–Crippen MR) is 102 cm³/mol. The Morgan fingerprint density at radius 1 is 1.20 bits per heavy atom. The second-order valence-electron chi connectivity index (χ2n) is 9.19. The highest BCUT2D eigenvalue weighted by atomic mass is 15.3. The van der Waals surface area contributed by atoms with Crippen molar-refractivity contribution < 1.29 is 0 Å². The molecule has 1 aliphatic heterocycles. The highest BCUT2D eigenvalue weighted by Gasteiger charge is 2.30. The van der Waals surface area contributed by atoms with Gasteiger partial charge < -0.3 is 0 Å². The van der Waals surface area contributed by atoms with Crippen molar-refractivity contribution in [2.24, 2.45) is 5.92 Å². The zero-order valence-electron chi connectivity index (χ0n) is 16.3. The van der Waals surface area contributed by atoms with Gasteiger partial charge in [0, 0.05) is 36.5 Å². The third-order valence-electron chi connectivity index (χ3n) is 5.80. The second-order valence-corrected chi connectivity index (χ2v) is 9.19. The molecular weight excluding hydrogens is 308 g/mol. The van der Waals surface area contributed by atoms with Crippen molar-refractivity contribution in [1.82, 2.24) is 19.5 Å². The number of hydrogen-bond donors (Lipinski definition) is 0. The predicted octanol–water partition coefficient (Wildman–Crippen LogP) is 4.53. The Morgan fingerprint density at radius 3 is 2.68 bits per heavy atom. The van der Waals surface area contributed by atoms with Crippen molar-refractivity contribution in [2.45, 2.75) is 77.7 Å². The van der Waals surface area contributed by atoms with Crippen LogP contribution in [-0.4, -0.2) is 32.6 Å². The van der Waals surface area contributed by atoms with Gasteiger partial charge in [-0.2, -0.15) is 5.10 Å². The van der Waals surface area contributed by atoms with Gasteiger partial charge in [-0.15, -0.1) is 0 Å². The monoisotopic (exact) mass is 340 g/mol. The molecule has 1 saturated heterocycles. The van der Waals surface area contributed by atoms with Crippen LogP contribution in [0.3, 0.4) is 0 Å². The molecule has 1 saturated carbocycles. The fourth-order valence-electron chi connectivity index (χ4n) is 4.30. The van der Waals surface area contributed by atoms with E-state index in [4.69, 9.17) is 10.1 Å². The Balaban J connectivity index is 1.66. The van der Waals surface area contributed by atoms with E-state index >= 15 is 0 Å². The first-order chi connectivity index (χ1) is 12.0. The summed E-state index contributed by atoms with van der Waals surface area (Å²) in [6, 6.07) is 0. The summed E-state index contributed by atoms with van der Waals surface area (Å²) in [4.78, 5) is 7.46. The number of aromatic nitrogens is 3. The number of nitrogens with zero attached hydrogens (tertiary/aromatic N) is 4. The molecule has 4 heteroatoms. The van der Waals surface area contributed by atoms with Crippen LogP contribution in [0, 0.1) is 5.92 Å². The molecule has 1 unspecified atom stereocenters. The van der Waals surface area contributed by atoms with Crippen molar-refractivity contribution in [3.05, 3.63) is 29.2 Å². The number of fused-ring (bicyclic) bond motifs is 1. The molecule has 0 spiro atoms. The summed E-state index contributed by atoms with van der Waals surface area (Å²) >= 11 is 0. The van der Waals surface area contributed by atoms with Crippen LogP contribution < -0.4 is 0 Å². The van der Waals surface area contributed by atoms with E-state index in [1.165, 1.54) is 62.0 Å². The molecule has 4 rings (SSSR count). The molecule has 1 atom stereocenters. The smallest absolute Gasteiger partial charge is 0.159 e. The molecule has 0 bridgehead atoms. The Bertz CT molecular complexity index is 751. The van der Waals surface area contributed by atoms with Gasteiger partial charge in [-0.3, -0.25) is 4.90 Å². The number of likely N-dealkylation sites (tertiary alicyclic amines) is 1. The lowest BCUT2D eigenvalue weighted by Crippen LogP contribution is -2.23. The third kappa shape index (κ3) is 3.46. The van der Waals surface area contributed by atoms with E-state index in [1.807, 2.05) is 0 Å². The van der Waals surface area contributed by atoms with Crippen molar-refractivity contribution in [2.75, 3.05) is 13.1 Å². The van der Waals surface area contributed by atoms with Gasteiger partial charge in [0.05, 0.1) is 5.69 Å². The van der Waals surface area contributed by atoms with E-state index in [2.05, 4.69) is 49.5 Å². The van der Waals surface area contributed by atoms with Gasteiger partial charge in [0.25, 0.3) is 0 Å². The first-order valence-electron chi connectivity index (χ1n) is 10.1. The second kappa shape index (κ2) is 6.39. The molecular formula is C21H32N4. The Kier molecular flexibility index (Phi) is 4.35. The lowest BCUT2D eigenvalue weighted by Gasteiger charge is -2.21. The summed E-state index contributed by atoms with van der Waals surface area (Å²) in [5.74, 6) is 1.59. The average Bonchev–Trinajstić information content (AvgIpc) is 3.22. The highest BCUT2D eigenvalue weighted by molar-refractivity contribution is 5.52. The van der Waals surface area contributed by atoms with Gasteiger partial charge in [0.2, 0.25) is 0 Å². The highest BCUT2D eigenvalue weighted by Crippen LogP contribution is 2.40. The van der Waals surface area contributed by atoms with E-state index in [-0.39, 0.29) is 5.41 Å². The van der Waals surface area contributed by atoms with E-state index in [1.54, 1.807) is 0 Å². The standard InChI is InChI=1S/C21H32N4/c1-5-6-15-9-10-24(12-15)14-18-19(21(2,3)4)23-25-13-17(16-7-8-16)11-22-20(18)25/h11,13,15-16H,5-10,12,14H2,1-4H3. The van der Waals surface area contributed by atoms with Gasteiger partial charge in [-0.05, 0) is 49.6 Å². The molecule has 0 N–H and O–H groups in total. The third-order valence-corrected chi connectivity index (χ3v) is 5.80. The maximum atomic E-state index is 4.98. The van der Waals surface area contributed by atoms with Gasteiger partial charge in [0.1, 0.15) is 0 Å². The molecule has 0 amide bonds. The zero-order valence-corrected chi connectivity index (χ0v) is 16.3. The molecule has 2 aliphatic rings. The van der Waals surface area contributed by atoms with Crippen LogP contribution in [0.2, 0.25) is 0 Å². The minimum absolute atomic E-state index is 0.0469. The fourth-order valence-corrected chi connectivity index (χ4v) is 4.30. The summed E-state index contributed by atoms with van der Waals surface area (Å²) in [7, 11) is 0. The van der Waals surface area contributed by atoms with E-state index in [9.17, 15) is 0 Å². The Hall–Kier alpha value is -1.42. The molecule has 2 fully saturated rings. The van der Waals surface area contributed by atoms with Crippen LogP contribution in [-0.2, 0) is 12.0 Å². The lowest BCUT2D eigenvalue weighted by atomic mass is 9.89. The molecule has 0 radical (unpaired) electrons. The largest absolute Gasteiger partial charge is 0.299 e. The summed E-state index contributed by atoms with van der Waals surface area (Å²) in [5, 5.41) is 4.98. The van der Waals surface area contributed by atoms with Crippen molar-refractivity contribution in [3.8, 4) is 0 Å². The maximum Gasteiger partial charge on any atom is 0.159 e. The molecule has 2 aromatic rings. The van der Waals surface area contributed by atoms with Crippen LogP contribution in [0.15, 0.2) is 12.4 Å². The Morgan fingerprint density at radius 2 is 2.00 bits per heavy atom. The average molecular weight is 341 g/mol. The number of hydrogen-bond acceptors (Lipinski definition) is 3. The van der Waals surface area contributed by atoms with E-state index in [0.29, 0.717) is 0 Å². The normalized spacial score (nSPS) is 22.2. The minimum atomic E-state index is 0.0469. The first-order valence-corrected chi connectivity index (χ1v) is 10.1. The summed E-state index contributed by atoms with van der Waals surface area (Å²) in [5.41, 5.74) is 5.02. The molecule has 1 aliphatic carbocycles. The minimum Gasteiger partial charge on any atom is -0.299 e. The van der Waals surface area contributed by atoms with Crippen molar-refractivity contribution in [1.29, 1.82) is 0 Å². The molecule has 136 valence electrons. The van der Waals surface area contributed by atoms with Crippen LogP contribution in [0.5, 0.6) is 0 Å². The fraction of sp³-hybridized carbons (Fsp3) is 0.714. The van der Waals surface area contributed by atoms with Crippen molar-refractivity contribution in [3.63, 3.8) is 0 Å². The first kappa shape index (κ1) is 17.0. The van der Waals surface area contributed by atoms with E-state index < -0.39 is 0 Å². The van der Waals surface area contributed by atoms with Gasteiger partial charge in [-0.1, -0.05) is 34.1 Å². The van der Waals surface area contributed by atoms with Crippen LogP contribution in [0.1, 0.15) is 82.5 Å². The lowest BCUT2D eigenvalue weighted by molar-refractivity contribution is 0.311. The Labute approximate surface area is 151 Å².